The molecule has 1 aromatic rings. The van der Waals surface area contributed by atoms with Crippen LogP contribution in [0.1, 0.15) is 23.2 Å². The smallest absolute Gasteiger partial charge is 0.318 e. The molecule has 3 N–H and O–H groups in total. The second kappa shape index (κ2) is 4.86. The van der Waals surface area contributed by atoms with Gasteiger partial charge in [0.2, 0.25) is 0 Å². The summed E-state index contributed by atoms with van der Waals surface area (Å²) in [5, 5.41) is 7.98. The van der Waals surface area contributed by atoms with Crippen molar-refractivity contribution >= 4 is 17.6 Å². The highest BCUT2D eigenvalue weighted by atomic mass is 16.2. The average molecular weight is 233 g/mol. The van der Waals surface area contributed by atoms with Gasteiger partial charge >= 0.3 is 6.03 Å². The summed E-state index contributed by atoms with van der Waals surface area (Å²) >= 11 is 0. The highest BCUT2D eigenvalue weighted by Gasteiger charge is 2.23. The number of amides is 3. The normalized spacial score (nSPS) is 13.9. The van der Waals surface area contributed by atoms with Gasteiger partial charge in [-0.3, -0.25) is 4.79 Å². The summed E-state index contributed by atoms with van der Waals surface area (Å²) in [6.45, 7) is 0. The monoisotopic (exact) mass is 233 g/mol. The first-order valence-electron chi connectivity index (χ1n) is 5.58. The maximum atomic E-state index is 11.8. The van der Waals surface area contributed by atoms with E-state index in [4.69, 9.17) is 0 Å². The van der Waals surface area contributed by atoms with E-state index in [2.05, 4.69) is 16.0 Å². The van der Waals surface area contributed by atoms with E-state index in [0.29, 0.717) is 17.3 Å². The fourth-order valence-electron chi connectivity index (χ4n) is 1.43. The van der Waals surface area contributed by atoms with Crippen molar-refractivity contribution in [3.05, 3.63) is 29.8 Å². The predicted molar refractivity (Wildman–Crippen MR) is 65.0 cm³/mol. The zero-order valence-electron chi connectivity index (χ0n) is 9.62. The molecule has 0 unspecified atom stereocenters. The van der Waals surface area contributed by atoms with Crippen molar-refractivity contribution in [2.24, 2.45) is 0 Å². The van der Waals surface area contributed by atoms with E-state index in [1.165, 1.54) is 0 Å². The molecular formula is C12H15N3O2. The Bertz CT molecular complexity index is 441. The first-order valence-corrected chi connectivity index (χ1v) is 5.58. The Morgan fingerprint density at radius 1 is 1.29 bits per heavy atom. The quantitative estimate of drug-likeness (QED) is 0.737. The lowest BCUT2D eigenvalue weighted by atomic mass is 10.2. The Kier molecular flexibility index (Phi) is 3.27. The number of anilines is 1. The van der Waals surface area contributed by atoms with Gasteiger partial charge in [-0.15, -0.1) is 0 Å². The molecule has 2 rings (SSSR count). The molecule has 1 aliphatic rings. The molecule has 0 bridgehead atoms. The number of rotatable bonds is 3. The summed E-state index contributed by atoms with van der Waals surface area (Å²) in [5.41, 5.74) is 1.17. The standard InChI is InChI=1S/C12H15N3O2/c1-13-12(17)15-10-4-2-3-8(7-10)11(16)14-9-5-6-9/h2-4,7,9H,5-6H2,1H3,(H,14,16)(H2,13,15,17). The third-order valence-corrected chi connectivity index (χ3v) is 2.52. The van der Waals surface area contributed by atoms with Gasteiger partial charge in [-0.1, -0.05) is 6.07 Å². The van der Waals surface area contributed by atoms with Gasteiger partial charge in [0, 0.05) is 24.3 Å². The minimum Gasteiger partial charge on any atom is -0.349 e. The number of carbonyl (C=O) groups excluding carboxylic acids is 2. The molecule has 0 atom stereocenters. The summed E-state index contributed by atoms with van der Waals surface area (Å²) in [6, 6.07) is 6.90. The third-order valence-electron chi connectivity index (χ3n) is 2.52. The Balaban J connectivity index is 2.04. The predicted octanol–water partition coefficient (Wildman–Crippen LogP) is 1.33. The molecule has 0 heterocycles. The summed E-state index contributed by atoms with van der Waals surface area (Å²) < 4.78 is 0. The fourth-order valence-corrected chi connectivity index (χ4v) is 1.43. The van der Waals surface area contributed by atoms with Gasteiger partial charge in [0.1, 0.15) is 0 Å². The van der Waals surface area contributed by atoms with Crippen LogP contribution in [0.5, 0.6) is 0 Å². The lowest BCUT2D eigenvalue weighted by Crippen LogP contribution is -2.26. The first-order chi connectivity index (χ1) is 8.19. The fraction of sp³-hybridized carbons (Fsp3) is 0.333. The van der Waals surface area contributed by atoms with Crippen molar-refractivity contribution in [2.75, 3.05) is 12.4 Å². The number of urea groups is 1. The molecule has 1 saturated carbocycles. The van der Waals surface area contributed by atoms with E-state index in [9.17, 15) is 9.59 Å². The highest BCUT2D eigenvalue weighted by Crippen LogP contribution is 2.19. The van der Waals surface area contributed by atoms with E-state index >= 15 is 0 Å². The van der Waals surface area contributed by atoms with Crippen molar-refractivity contribution in [3.63, 3.8) is 0 Å². The topological polar surface area (TPSA) is 70.2 Å². The van der Waals surface area contributed by atoms with E-state index in [1.807, 2.05) is 0 Å². The molecule has 5 heteroatoms. The molecule has 90 valence electrons. The van der Waals surface area contributed by atoms with Gasteiger partial charge in [0.05, 0.1) is 0 Å². The van der Waals surface area contributed by atoms with E-state index < -0.39 is 0 Å². The van der Waals surface area contributed by atoms with Gasteiger partial charge in [-0.2, -0.15) is 0 Å². The molecule has 0 aromatic heterocycles. The van der Waals surface area contributed by atoms with Crippen LogP contribution in [0.2, 0.25) is 0 Å². The largest absolute Gasteiger partial charge is 0.349 e. The molecule has 3 amide bonds. The Hall–Kier alpha value is -2.04. The number of carbonyl (C=O) groups is 2. The van der Waals surface area contributed by atoms with Crippen LogP contribution in [0.15, 0.2) is 24.3 Å². The SMILES string of the molecule is CNC(=O)Nc1cccc(C(=O)NC2CC2)c1. The first kappa shape index (κ1) is 11.4. The van der Waals surface area contributed by atoms with Crippen LogP contribution in [0.25, 0.3) is 0 Å². The van der Waals surface area contributed by atoms with Crippen LogP contribution in [0, 0.1) is 0 Å². The van der Waals surface area contributed by atoms with Crippen molar-refractivity contribution in [1.29, 1.82) is 0 Å². The molecule has 0 saturated heterocycles. The minimum absolute atomic E-state index is 0.0898. The molecule has 1 fully saturated rings. The second-order valence-corrected chi connectivity index (χ2v) is 4.03. The zero-order chi connectivity index (χ0) is 12.3. The van der Waals surface area contributed by atoms with Crippen LogP contribution in [-0.4, -0.2) is 25.0 Å². The number of hydrogen-bond donors (Lipinski definition) is 3. The third kappa shape index (κ3) is 3.21. The van der Waals surface area contributed by atoms with Crippen LogP contribution in [-0.2, 0) is 0 Å². The van der Waals surface area contributed by atoms with Crippen LogP contribution in [0.3, 0.4) is 0 Å². The maximum Gasteiger partial charge on any atom is 0.318 e. The number of nitrogens with one attached hydrogen (secondary N) is 3. The molecule has 0 aliphatic heterocycles. The van der Waals surface area contributed by atoms with E-state index in [0.717, 1.165) is 12.8 Å². The maximum absolute atomic E-state index is 11.8. The van der Waals surface area contributed by atoms with Gasteiger partial charge in [-0.05, 0) is 31.0 Å². The van der Waals surface area contributed by atoms with Crippen molar-refractivity contribution in [2.45, 2.75) is 18.9 Å². The Morgan fingerprint density at radius 2 is 2.06 bits per heavy atom. The van der Waals surface area contributed by atoms with Gasteiger partial charge in [-0.25, -0.2) is 4.79 Å². The van der Waals surface area contributed by atoms with Gasteiger partial charge in [0.15, 0.2) is 0 Å². The van der Waals surface area contributed by atoms with Crippen LogP contribution in [0.4, 0.5) is 10.5 Å². The van der Waals surface area contributed by atoms with Crippen LogP contribution >= 0.6 is 0 Å². The van der Waals surface area contributed by atoms with Gasteiger partial charge in [0.25, 0.3) is 5.91 Å². The summed E-state index contributed by atoms with van der Waals surface area (Å²) in [5.74, 6) is -0.0898. The molecule has 17 heavy (non-hydrogen) atoms. The van der Waals surface area contributed by atoms with E-state index in [1.54, 1.807) is 31.3 Å². The molecule has 5 nitrogen and oxygen atoms in total. The zero-order valence-corrected chi connectivity index (χ0v) is 9.62. The Morgan fingerprint density at radius 3 is 2.71 bits per heavy atom. The van der Waals surface area contributed by atoms with E-state index in [-0.39, 0.29) is 11.9 Å². The molecular weight excluding hydrogens is 218 g/mol. The molecule has 1 aliphatic carbocycles. The second-order valence-electron chi connectivity index (χ2n) is 4.03. The highest BCUT2D eigenvalue weighted by molar-refractivity contribution is 5.97. The van der Waals surface area contributed by atoms with Gasteiger partial charge < -0.3 is 16.0 Å². The molecule has 0 radical (unpaired) electrons. The van der Waals surface area contributed by atoms with Crippen LogP contribution < -0.4 is 16.0 Å². The Labute approximate surface area is 99.6 Å². The summed E-state index contributed by atoms with van der Waals surface area (Å²) in [4.78, 5) is 22.9. The lowest BCUT2D eigenvalue weighted by molar-refractivity contribution is 0.0951. The van der Waals surface area contributed by atoms with Crippen molar-refractivity contribution in [3.8, 4) is 0 Å². The minimum atomic E-state index is -0.301. The number of hydrogen-bond acceptors (Lipinski definition) is 2. The molecule has 0 spiro atoms. The lowest BCUT2D eigenvalue weighted by Gasteiger charge is -2.07. The summed E-state index contributed by atoms with van der Waals surface area (Å²) in [6.07, 6.45) is 2.11. The van der Waals surface area contributed by atoms with Crippen molar-refractivity contribution in [1.82, 2.24) is 10.6 Å². The number of benzene rings is 1. The molecule has 1 aromatic carbocycles. The average Bonchev–Trinajstić information content (AvgIpc) is 3.13. The van der Waals surface area contributed by atoms with Crippen molar-refractivity contribution < 1.29 is 9.59 Å². The summed E-state index contributed by atoms with van der Waals surface area (Å²) in [7, 11) is 1.54.